The fraction of sp³-hybridized carbons (Fsp3) is 0.467. The first-order valence-electron chi connectivity index (χ1n) is 6.60. The van der Waals surface area contributed by atoms with Crippen LogP contribution in [0, 0.1) is 0 Å². The smallest absolute Gasteiger partial charge is 0.303 e. The number of Topliss-reactive ketones (excluding diaryl/α,β-unsaturated/α-hetero) is 1. The van der Waals surface area contributed by atoms with Gasteiger partial charge >= 0.3 is 5.97 Å². The summed E-state index contributed by atoms with van der Waals surface area (Å²) in [6.45, 7) is 3.38. The third-order valence-corrected chi connectivity index (χ3v) is 2.91. The number of benzene rings is 1. The van der Waals surface area contributed by atoms with E-state index in [-0.39, 0.29) is 12.2 Å². The van der Waals surface area contributed by atoms with Crippen LogP contribution in [0.5, 0.6) is 5.75 Å². The summed E-state index contributed by atoms with van der Waals surface area (Å²) in [7, 11) is 0. The van der Waals surface area contributed by atoms with E-state index in [9.17, 15) is 14.7 Å². The summed E-state index contributed by atoms with van der Waals surface area (Å²) in [6.07, 6.45) is 0.450. The first kappa shape index (κ1) is 16.2. The van der Waals surface area contributed by atoms with Crippen LogP contribution >= 0.6 is 0 Å². The van der Waals surface area contributed by atoms with E-state index in [1.807, 2.05) is 0 Å². The van der Waals surface area contributed by atoms with Gasteiger partial charge < -0.3 is 14.9 Å². The second-order valence-electron chi connectivity index (χ2n) is 4.65. The van der Waals surface area contributed by atoms with E-state index in [4.69, 9.17) is 9.84 Å². The molecule has 1 aromatic carbocycles. The number of ketones is 1. The molecule has 0 heterocycles. The number of aliphatic carboxylic acids is 1. The number of hydrogen-bond donors (Lipinski definition) is 2. The number of carboxylic acids is 1. The lowest BCUT2D eigenvalue weighted by Crippen LogP contribution is -2.08. The molecule has 0 spiro atoms. The monoisotopic (exact) mass is 280 g/mol. The molecule has 110 valence electrons. The molecule has 0 saturated heterocycles. The molecular weight excluding hydrogens is 260 g/mol. The summed E-state index contributed by atoms with van der Waals surface area (Å²) in [4.78, 5) is 21.9. The third kappa shape index (κ3) is 4.66. The fourth-order valence-corrected chi connectivity index (χ4v) is 1.97. The molecule has 1 aromatic rings. The fourth-order valence-electron chi connectivity index (χ4n) is 1.97. The molecule has 2 N–H and O–H groups in total. The van der Waals surface area contributed by atoms with Crippen molar-refractivity contribution in [2.75, 3.05) is 6.61 Å². The summed E-state index contributed by atoms with van der Waals surface area (Å²) >= 11 is 0. The van der Waals surface area contributed by atoms with Gasteiger partial charge in [-0.15, -0.1) is 0 Å². The molecule has 0 saturated carbocycles. The molecular formula is C15H20O5. The summed E-state index contributed by atoms with van der Waals surface area (Å²) in [6, 6.07) is 5.06. The Morgan fingerprint density at radius 3 is 2.55 bits per heavy atom. The Balaban J connectivity index is 2.72. The zero-order valence-electron chi connectivity index (χ0n) is 11.8. The van der Waals surface area contributed by atoms with Gasteiger partial charge in [-0.3, -0.25) is 9.59 Å². The Morgan fingerprint density at radius 2 is 2.00 bits per heavy atom. The standard InChI is InChI=1S/C15H20O5/c1-10(16)12-6-5-7-13(15(12)11(2)17)20-9-4-3-8-14(18)19/h5-7,11,17H,3-4,8-9H2,1-2H3,(H,18,19). The van der Waals surface area contributed by atoms with Crippen LogP contribution in [0.2, 0.25) is 0 Å². The van der Waals surface area contributed by atoms with Crippen LogP contribution in [0.25, 0.3) is 0 Å². The van der Waals surface area contributed by atoms with Gasteiger partial charge in [0.15, 0.2) is 5.78 Å². The Bertz CT molecular complexity index is 479. The molecule has 5 nitrogen and oxygen atoms in total. The molecule has 1 atom stereocenters. The van der Waals surface area contributed by atoms with Crippen molar-refractivity contribution in [1.82, 2.24) is 0 Å². The number of carbonyl (C=O) groups excluding carboxylic acids is 1. The van der Waals surface area contributed by atoms with E-state index in [0.717, 1.165) is 0 Å². The number of ether oxygens (including phenoxy) is 1. The molecule has 0 radical (unpaired) electrons. The highest BCUT2D eigenvalue weighted by Gasteiger charge is 2.17. The van der Waals surface area contributed by atoms with Crippen LogP contribution in [0.15, 0.2) is 18.2 Å². The maximum Gasteiger partial charge on any atom is 0.303 e. The number of hydrogen-bond acceptors (Lipinski definition) is 4. The van der Waals surface area contributed by atoms with Crippen LogP contribution in [0.4, 0.5) is 0 Å². The van der Waals surface area contributed by atoms with Crippen molar-refractivity contribution in [2.45, 2.75) is 39.2 Å². The summed E-state index contributed by atoms with van der Waals surface area (Å²) in [5.41, 5.74) is 0.932. The Labute approximate surface area is 118 Å². The highest BCUT2D eigenvalue weighted by molar-refractivity contribution is 5.96. The molecule has 0 bridgehead atoms. The van der Waals surface area contributed by atoms with Crippen molar-refractivity contribution in [1.29, 1.82) is 0 Å². The Morgan fingerprint density at radius 1 is 1.30 bits per heavy atom. The van der Waals surface area contributed by atoms with Crippen molar-refractivity contribution < 1.29 is 24.5 Å². The van der Waals surface area contributed by atoms with Crippen molar-refractivity contribution in [2.24, 2.45) is 0 Å². The molecule has 5 heteroatoms. The van der Waals surface area contributed by atoms with Gasteiger partial charge in [0.05, 0.1) is 12.7 Å². The number of aliphatic hydroxyl groups is 1. The number of carboxylic acid groups (broad SMARTS) is 1. The average Bonchev–Trinajstić information content (AvgIpc) is 2.37. The van der Waals surface area contributed by atoms with Gasteiger partial charge in [0.1, 0.15) is 5.75 Å². The normalized spacial score (nSPS) is 11.9. The molecule has 1 unspecified atom stereocenters. The second-order valence-corrected chi connectivity index (χ2v) is 4.65. The van der Waals surface area contributed by atoms with Crippen molar-refractivity contribution >= 4 is 11.8 Å². The van der Waals surface area contributed by atoms with E-state index < -0.39 is 12.1 Å². The van der Waals surface area contributed by atoms with Gasteiger partial charge in [0, 0.05) is 17.5 Å². The van der Waals surface area contributed by atoms with E-state index in [0.29, 0.717) is 36.3 Å². The molecule has 20 heavy (non-hydrogen) atoms. The van der Waals surface area contributed by atoms with Crippen LogP contribution < -0.4 is 4.74 Å². The zero-order valence-corrected chi connectivity index (χ0v) is 11.8. The predicted octanol–water partition coefficient (Wildman–Crippen LogP) is 2.58. The van der Waals surface area contributed by atoms with Crippen molar-refractivity contribution in [3.05, 3.63) is 29.3 Å². The predicted molar refractivity (Wildman–Crippen MR) is 74.1 cm³/mol. The maximum atomic E-state index is 11.5. The molecule has 0 fully saturated rings. The van der Waals surface area contributed by atoms with Crippen molar-refractivity contribution in [3.8, 4) is 5.75 Å². The molecule has 0 amide bonds. The van der Waals surface area contributed by atoms with E-state index in [1.54, 1.807) is 25.1 Å². The average molecular weight is 280 g/mol. The lowest BCUT2D eigenvalue weighted by atomic mass is 9.99. The van der Waals surface area contributed by atoms with Crippen molar-refractivity contribution in [3.63, 3.8) is 0 Å². The minimum atomic E-state index is -0.826. The van der Waals surface area contributed by atoms with Gasteiger partial charge in [0.25, 0.3) is 0 Å². The van der Waals surface area contributed by atoms with Crippen LogP contribution in [0.1, 0.15) is 55.1 Å². The van der Waals surface area contributed by atoms with Gasteiger partial charge in [-0.05, 0) is 32.8 Å². The van der Waals surface area contributed by atoms with Gasteiger partial charge in [-0.25, -0.2) is 0 Å². The molecule has 0 aliphatic rings. The molecule has 0 aromatic heterocycles. The molecule has 0 aliphatic heterocycles. The van der Waals surface area contributed by atoms with E-state index in [1.165, 1.54) is 6.92 Å². The molecule has 0 aliphatic carbocycles. The van der Waals surface area contributed by atoms with E-state index >= 15 is 0 Å². The van der Waals surface area contributed by atoms with Gasteiger partial charge in [0.2, 0.25) is 0 Å². The lowest BCUT2D eigenvalue weighted by Gasteiger charge is -2.16. The SMILES string of the molecule is CC(=O)c1cccc(OCCCCC(=O)O)c1C(C)O. The van der Waals surface area contributed by atoms with Crippen LogP contribution in [-0.2, 0) is 4.79 Å². The highest BCUT2D eigenvalue weighted by Crippen LogP contribution is 2.29. The third-order valence-electron chi connectivity index (χ3n) is 2.91. The minimum Gasteiger partial charge on any atom is -0.493 e. The largest absolute Gasteiger partial charge is 0.493 e. The first-order valence-corrected chi connectivity index (χ1v) is 6.60. The van der Waals surface area contributed by atoms with Gasteiger partial charge in [-0.2, -0.15) is 0 Å². The first-order chi connectivity index (χ1) is 9.43. The second kappa shape index (κ2) is 7.65. The lowest BCUT2D eigenvalue weighted by molar-refractivity contribution is -0.137. The maximum absolute atomic E-state index is 11.5. The Hall–Kier alpha value is -1.88. The van der Waals surface area contributed by atoms with Crippen LogP contribution in [-0.4, -0.2) is 28.6 Å². The summed E-state index contributed by atoms with van der Waals surface area (Å²) in [5, 5.41) is 18.3. The van der Waals surface area contributed by atoms with Crippen LogP contribution in [0.3, 0.4) is 0 Å². The summed E-state index contributed by atoms with van der Waals surface area (Å²) < 4.78 is 5.57. The topological polar surface area (TPSA) is 83.8 Å². The summed E-state index contributed by atoms with van der Waals surface area (Å²) in [5.74, 6) is -0.478. The van der Waals surface area contributed by atoms with E-state index in [2.05, 4.69) is 0 Å². The highest BCUT2D eigenvalue weighted by atomic mass is 16.5. The number of rotatable bonds is 8. The quantitative estimate of drug-likeness (QED) is 0.565. The minimum absolute atomic E-state index is 0.111. The Kier molecular flexibility index (Phi) is 6.18. The number of aliphatic hydroxyl groups excluding tert-OH is 1. The molecule has 1 rings (SSSR count). The zero-order chi connectivity index (χ0) is 15.1. The number of carbonyl (C=O) groups is 2. The number of unbranched alkanes of at least 4 members (excludes halogenated alkanes) is 1. The van der Waals surface area contributed by atoms with Gasteiger partial charge in [-0.1, -0.05) is 12.1 Å².